The van der Waals surface area contributed by atoms with Crippen molar-refractivity contribution in [3.8, 4) is 33.4 Å². The molecule has 1 aliphatic carbocycles. The lowest BCUT2D eigenvalue weighted by Gasteiger charge is -2.23. The van der Waals surface area contributed by atoms with Gasteiger partial charge >= 0.3 is 0 Å². The van der Waals surface area contributed by atoms with Crippen LogP contribution in [-0.2, 0) is 5.41 Å². The summed E-state index contributed by atoms with van der Waals surface area (Å²) in [6.07, 6.45) is 0. The van der Waals surface area contributed by atoms with Crippen LogP contribution >= 0.6 is 11.3 Å². The summed E-state index contributed by atoms with van der Waals surface area (Å²) in [5.41, 5.74) is 12.5. The molecule has 9 aromatic carbocycles. The van der Waals surface area contributed by atoms with E-state index in [-0.39, 0.29) is 5.41 Å². The fourth-order valence-electron chi connectivity index (χ4n) is 9.58. The average Bonchev–Trinajstić information content (AvgIpc) is 3.83. The van der Waals surface area contributed by atoms with Gasteiger partial charge in [-0.3, -0.25) is 0 Å². The average molecular weight is 693 g/mol. The van der Waals surface area contributed by atoms with E-state index in [1.54, 1.807) is 0 Å². The fraction of sp³-hybridized carbons (Fsp3) is 0.0588. The van der Waals surface area contributed by atoms with Crippen molar-refractivity contribution in [3.63, 3.8) is 0 Å². The quantitative estimate of drug-likeness (QED) is 0.164. The zero-order valence-electron chi connectivity index (χ0n) is 29.3. The highest BCUT2D eigenvalue weighted by molar-refractivity contribution is 7.26. The minimum absolute atomic E-state index is 0.0590. The maximum Gasteiger partial charge on any atom is 0.136 e. The van der Waals surface area contributed by atoms with Crippen LogP contribution in [0.5, 0.6) is 0 Å². The van der Waals surface area contributed by atoms with Crippen LogP contribution in [0.3, 0.4) is 0 Å². The van der Waals surface area contributed by atoms with Crippen LogP contribution in [0, 0.1) is 0 Å². The standard InChI is InChI=1S/C51H32OS/c1-51(2)42-17-9-7-11-32(42)33-22-19-30(26-43(33)51)48-35-13-3-5-15-37(35)49(38-16-6-4-14-36(38)48)31-20-23-39-47(27-31)53-46-24-21-29-25-41-34-12-8-10-18-44(34)52-45(41)28-40(29)50(39)46/h3-28H,1-2H3. The van der Waals surface area contributed by atoms with Gasteiger partial charge in [0.05, 0.1) is 0 Å². The van der Waals surface area contributed by atoms with Gasteiger partial charge in [0, 0.05) is 36.4 Å². The summed E-state index contributed by atoms with van der Waals surface area (Å²) in [4.78, 5) is 0. The summed E-state index contributed by atoms with van der Waals surface area (Å²) in [6, 6.07) is 58.7. The summed E-state index contributed by atoms with van der Waals surface area (Å²) in [7, 11) is 0. The van der Waals surface area contributed by atoms with Gasteiger partial charge in [-0.25, -0.2) is 0 Å². The molecule has 0 spiro atoms. The van der Waals surface area contributed by atoms with Gasteiger partial charge in [0.25, 0.3) is 0 Å². The van der Waals surface area contributed by atoms with E-state index in [4.69, 9.17) is 4.42 Å². The molecule has 0 aliphatic heterocycles. The second-order valence-electron chi connectivity index (χ2n) is 15.2. The van der Waals surface area contributed by atoms with Crippen molar-refractivity contribution in [1.82, 2.24) is 0 Å². The third-order valence-corrected chi connectivity index (χ3v) is 13.2. The highest BCUT2D eigenvalue weighted by Crippen LogP contribution is 2.52. The molecule has 0 radical (unpaired) electrons. The zero-order chi connectivity index (χ0) is 35.0. The Bertz CT molecular complexity index is 3320. The predicted molar refractivity (Wildman–Crippen MR) is 228 cm³/mol. The molecule has 0 bridgehead atoms. The van der Waals surface area contributed by atoms with Gasteiger partial charge in [-0.1, -0.05) is 135 Å². The number of hydrogen-bond acceptors (Lipinski definition) is 2. The Labute approximate surface area is 310 Å². The Hall–Kier alpha value is -6.22. The Morgan fingerprint density at radius 3 is 1.79 bits per heavy atom. The fourth-order valence-corrected chi connectivity index (χ4v) is 10.7. The topological polar surface area (TPSA) is 13.1 Å². The van der Waals surface area contributed by atoms with E-state index in [0.29, 0.717) is 0 Å². The van der Waals surface area contributed by atoms with Gasteiger partial charge in [0.15, 0.2) is 0 Å². The van der Waals surface area contributed by atoms with Crippen molar-refractivity contribution in [2.45, 2.75) is 19.3 Å². The molecule has 0 saturated carbocycles. The molecular formula is C51H32OS. The van der Waals surface area contributed by atoms with E-state index >= 15 is 0 Å². The van der Waals surface area contributed by atoms with Crippen molar-refractivity contribution < 1.29 is 4.42 Å². The second-order valence-corrected chi connectivity index (χ2v) is 16.3. The molecule has 0 saturated heterocycles. The molecule has 0 N–H and O–H groups in total. The Morgan fingerprint density at radius 2 is 1.04 bits per heavy atom. The van der Waals surface area contributed by atoms with E-state index in [9.17, 15) is 0 Å². The SMILES string of the molecule is CC1(C)c2ccccc2-c2ccc(-c3c4ccccc4c(-c4ccc5c(c4)sc4ccc6cc7c(cc6c45)oc4ccccc47)c4ccccc34)cc21. The minimum atomic E-state index is -0.0590. The lowest BCUT2D eigenvalue weighted by molar-refractivity contribution is 0.660. The number of furan rings is 1. The van der Waals surface area contributed by atoms with Crippen molar-refractivity contribution in [2.75, 3.05) is 0 Å². The first-order chi connectivity index (χ1) is 26.0. The lowest BCUT2D eigenvalue weighted by atomic mass is 9.80. The van der Waals surface area contributed by atoms with Crippen molar-refractivity contribution >= 4 is 85.8 Å². The summed E-state index contributed by atoms with van der Waals surface area (Å²) in [5, 5.41) is 12.6. The molecule has 0 atom stereocenters. The van der Waals surface area contributed by atoms with Crippen LogP contribution in [0.1, 0.15) is 25.0 Å². The molecule has 1 aliphatic rings. The summed E-state index contributed by atoms with van der Waals surface area (Å²) in [6.45, 7) is 4.74. The molecule has 0 fully saturated rings. The number of hydrogen-bond donors (Lipinski definition) is 0. The molecule has 2 aromatic heterocycles. The second kappa shape index (κ2) is 10.4. The van der Waals surface area contributed by atoms with E-state index in [0.717, 1.165) is 11.2 Å². The maximum absolute atomic E-state index is 6.35. The predicted octanol–water partition coefficient (Wildman–Crippen LogP) is 15.1. The molecular weight excluding hydrogens is 661 g/mol. The first-order valence-electron chi connectivity index (χ1n) is 18.4. The molecule has 248 valence electrons. The van der Waals surface area contributed by atoms with Crippen LogP contribution in [-0.4, -0.2) is 0 Å². The molecule has 11 aromatic rings. The van der Waals surface area contributed by atoms with E-state index < -0.39 is 0 Å². The van der Waals surface area contributed by atoms with Crippen LogP contribution in [0.15, 0.2) is 162 Å². The van der Waals surface area contributed by atoms with Crippen molar-refractivity contribution in [1.29, 1.82) is 0 Å². The van der Waals surface area contributed by atoms with Gasteiger partial charge in [-0.15, -0.1) is 11.3 Å². The lowest BCUT2D eigenvalue weighted by Crippen LogP contribution is -2.14. The largest absolute Gasteiger partial charge is 0.456 e. The van der Waals surface area contributed by atoms with E-state index in [1.165, 1.54) is 108 Å². The highest BCUT2D eigenvalue weighted by Gasteiger charge is 2.35. The number of thiophene rings is 1. The monoisotopic (exact) mass is 692 g/mol. The zero-order valence-corrected chi connectivity index (χ0v) is 30.1. The molecule has 2 heterocycles. The first-order valence-corrected chi connectivity index (χ1v) is 19.2. The molecule has 2 heteroatoms. The van der Waals surface area contributed by atoms with Gasteiger partial charge in [0.1, 0.15) is 11.2 Å². The highest BCUT2D eigenvalue weighted by atomic mass is 32.1. The van der Waals surface area contributed by atoms with E-state index in [1.807, 2.05) is 17.4 Å². The summed E-state index contributed by atoms with van der Waals surface area (Å²) < 4.78 is 8.94. The Kier molecular flexibility index (Phi) is 5.78. The van der Waals surface area contributed by atoms with Gasteiger partial charge in [-0.2, -0.15) is 0 Å². The van der Waals surface area contributed by atoms with Crippen LogP contribution in [0.25, 0.3) is 108 Å². The maximum atomic E-state index is 6.35. The number of benzene rings is 9. The van der Waals surface area contributed by atoms with Crippen LogP contribution in [0.2, 0.25) is 0 Å². The third kappa shape index (κ3) is 3.96. The molecule has 12 rings (SSSR count). The Morgan fingerprint density at radius 1 is 0.415 bits per heavy atom. The first kappa shape index (κ1) is 29.4. The normalized spacial score (nSPS) is 13.6. The number of para-hydroxylation sites is 1. The van der Waals surface area contributed by atoms with Gasteiger partial charge < -0.3 is 4.42 Å². The molecule has 53 heavy (non-hydrogen) atoms. The Balaban J connectivity index is 1.08. The van der Waals surface area contributed by atoms with Crippen LogP contribution in [0.4, 0.5) is 0 Å². The smallest absolute Gasteiger partial charge is 0.136 e. The number of fused-ring (bicyclic) bond motifs is 13. The van der Waals surface area contributed by atoms with Crippen LogP contribution < -0.4 is 0 Å². The minimum Gasteiger partial charge on any atom is -0.456 e. The van der Waals surface area contributed by atoms with Gasteiger partial charge in [0.2, 0.25) is 0 Å². The number of rotatable bonds is 2. The summed E-state index contributed by atoms with van der Waals surface area (Å²) in [5.74, 6) is 0. The molecule has 0 unspecified atom stereocenters. The van der Waals surface area contributed by atoms with Crippen molar-refractivity contribution in [2.24, 2.45) is 0 Å². The molecule has 1 nitrogen and oxygen atoms in total. The third-order valence-electron chi connectivity index (χ3n) is 12.0. The molecule has 0 amide bonds. The summed E-state index contributed by atoms with van der Waals surface area (Å²) >= 11 is 1.88. The van der Waals surface area contributed by atoms with Gasteiger partial charge in [-0.05, 0) is 113 Å². The van der Waals surface area contributed by atoms with Crippen molar-refractivity contribution in [3.05, 3.63) is 169 Å². The van der Waals surface area contributed by atoms with E-state index in [2.05, 4.69) is 166 Å².